The lowest BCUT2D eigenvalue weighted by Crippen LogP contribution is -2.48. The average Bonchev–Trinajstić information content (AvgIpc) is 1.97. The number of hydrogen-bond donors (Lipinski definition) is 0. The van der Waals surface area contributed by atoms with E-state index >= 15 is 0 Å². The lowest BCUT2D eigenvalue weighted by atomic mass is 10.2. The van der Waals surface area contributed by atoms with Crippen molar-refractivity contribution in [3.05, 3.63) is 0 Å². The second-order valence-electron chi connectivity index (χ2n) is 2.47. The summed E-state index contributed by atoms with van der Waals surface area (Å²) in [4.78, 5) is 0. The van der Waals surface area contributed by atoms with Gasteiger partial charge >= 0.3 is 0 Å². The fourth-order valence-electron chi connectivity index (χ4n) is 0.506. The van der Waals surface area contributed by atoms with E-state index in [9.17, 15) is 0 Å². The van der Waals surface area contributed by atoms with Crippen LogP contribution in [0.4, 0.5) is 0 Å². The van der Waals surface area contributed by atoms with Gasteiger partial charge in [-0.2, -0.15) is 0 Å². The Morgan fingerprint density at radius 3 is 1.13 bits per heavy atom. The largest absolute Gasteiger partial charge is 0.224 e. The second kappa shape index (κ2) is 5.90. The van der Waals surface area contributed by atoms with Gasteiger partial charge in [-0.25, -0.2) is 0 Å². The van der Waals surface area contributed by atoms with Crippen molar-refractivity contribution in [1.82, 2.24) is 0 Å². The van der Waals surface area contributed by atoms with Crippen molar-refractivity contribution < 1.29 is 0 Å². The van der Waals surface area contributed by atoms with Crippen LogP contribution < -0.4 is 0 Å². The van der Waals surface area contributed by atoms with Crippen molar-refractivity contribution in [1.29, 1.82) is 0 Å². The third-order valence-corrected chi connectivity index (χ3v) is 6.36. The highest BCUT2D eigenvalue weighted by Gasteiger charge is 2.56. The molecular formula is C5H2Cl10. The van der Waals surface area contributed by atoms with Crippen molar-refractivity contribution in [3.63, 3.8) is 0 Å². The Balaban J connectivity index is 4.94. The Morgan fingerprint density at radius 1 is 0.600 bits per heavy atom. The van der Waals surface area contributed by atoms with Crippen molar-refractivity contribution in [2.75, 3.05) is 0 Å². The fourth-order valence-corrected chi connectivity index (χ4v) is 2.52. The van der Waals surface area contributed by atoms with Crippen LogP contribution in [0.2, 0.25) is 0 Å². The third-order valence-electron chi connectivity index (χ3n) is 1.29. The molecule has 0 heterocycles. The topological polar surface area (TPSA) is 0 Å². The van der Waals surface area contributed by atoms with Gasteiger partial charge < -0.3 is 0 Å². The molecule has 0 N–H and O–H groups in total. The molecule has 0 radical (unpaired) electrons. The highest BCUT2D eigenvalue weighted by molar-refractivity contribution is 6.77. The van der Waals surface area contributed by atoms with Gasteiger partial charge in [-0.1, -0.05) is 92.8 Å². The minimum Gasteiger partial charge on any atom is -0.118 e. The van der Waals surface area contributed by atoms with Crippen LogP contribution in [0.1, 0.15) is 0 Å². The van der Waals surface area contributed by atoms with E-state index in [2.05, 4.69) is 0 Å². The van der Waals surface area contributed by atoms with Crippen LogP contribution in [0.25, 0.3) is 0 Å². The summed E-state index contributed by atoms with van der Waals surface area (Å²) in [5.41, 5.74) is 0. The maximum atomic E-state index is 5.79. The Kier molecular flexibility index (Phi) is 7.05. The predicted octanol–water partition coefficient (Wildman–Crippen LogP) is 6.12. The molecule has 0 amide bonds. The normalized spacial score (nSPS) is 18.8. The van der Waals surface area contributed by atoms with E-state index in [4.69, 9.17) is 116 Å². The molecule has 10 heteroatoms. The molecule has 0 spiro atoms. The molecule has 0 aliphatic rings. The number of alkyl halides is 10. The highest BCUT2D eigenvalue weighted by atomic mass is 35.6. The van der Waals surface area contributed by atoms with Crippen LogP contribution in [0.15, 0.2) is 0 Å². The zero-order chi connectivity index (χ0) is 12.7. The first kappa shape index (κ1) is 17.9. The molecule has 0 rings (SSSR count). The standard InChI is InChI=1S/C5H2Cl10/c6-1(2(7)4(10,11)12)3(8,9)5(13,14)15/h1-2H. The summed E-state index contributed by atoms with van der Waals surface area (Å²) in [5, 5.41) is -2.53. The molecule has 0 nitrogen and oxygen atoms in total. The third kappa shape index (κ3) is 4.82. The highest BCUT2D eigenvalue weighted by Crippen LogP contribution is 2.53. The molecule has 0 saturated carbocycles. The molecule has 2 atom stereocenters. The summed E-state index contributed by atoms with van der Waals surface area (Å²) in [7, 11) is 0. The molecule has 15 heavy (non-hydrogen) atoms. The fraction of sp³-hybridized carbons (Fsp3) is 1.00. The molecule has 0 saturated heterocycles. The minimum atomic E-state index is -2.08. The first-order chi connectivity index (χ1) is 6.32. The van der Waals surface area contributed by atoms with Gasteiger partial charge in [-0.05, 0) is 0 Å². The van der Waals surface area contributed by atoms with Crippen LogP contribution in [0.3, 0.4) is 0 Å². The first-order valence-corrected chi connectivity index (χ1v) is 7.01. The molecule has 0 aliphatic carbocycles. The van der Waals surface area contributed by atoms with Gasteiger partial charge in [-0.15, -0.1) is 23.2 Å². The zero-order valence-electron chi connectivity index (χ0n) is 6.43. The monoisotopic (exact) mass is 412 g/mol. The molecule has 0 aromatic rings. The summed E-state index contributed by atoms with van der Waals surface area (Å²) in [6.07, 6.45) is 0. The first-order valence-electron chi connectivity index (χ1n) is 3.11. The molecular weight excluding hydrogens is 415 g/mol. The SMILES string of the molecule is ClC(C(Cl)C(Cl)(Cl)C(Cl)(Cl)Cl)C(Cl)(Cl)Cl. The van der Waals surface area contributed by atoms with Gasteiger partial charge in [0.2, 0.25) is 7.59 Å². The summed E-state index contributed by atoms with van der Waals surface area (Å²) < 4.78 is -5.97. The van der Waals surface area contributed by atoms with Crippen molar-refractivity contribution in [2.45, 2.75) is 22.7 Å². The summed E-state index contributed by atoms with van der Waals surface area (Å²) in [6.45, 7) is 0. The predicted molar refractivity (Wildman–Crippen MR) is 74.3 cm³/mol. The van der Waals surface area contributed by atoms with Crippen LogP contribution >= 0.6 is 116 Å². The van der Waals surface area contributed by atoms with E-state index in [1.165, 1.54) is 0 Å². The summed E-state index contributed by atoms with van der Waals surface area (Å²) in [6, 6.07) is 0. The Labute approximate surface area is 137 Å². The Morgan fingerprint density at radius 2 is 0.933 bits per heavy atom. The van der Waals surface area contributed by atoms with E-state index in [1.54, 1.807) is 0 Å². The van der Waals surface area contributed by atoms with Gasteiger partial charge in [0.15, 0.2) is 4.33 Å². The van der Waals surface area contributed by atoms with E-state index in [-0.39, 0.29) is 0 Å². The van der Waals surface area contributed by atoms with Gasteiger partial charge in [0.05, 0.1) is 5.38 Å². The van der Waals surface area contributed by atoms with E-state index < -0.39 is 22.7 Å². The van der Waals surface area contributed by atoms with E-state index in [0.717, 1.165) is 0 Å². The Bertz CT molecular complexity index is 211. The van der Waals surface area contributed by atoms with E-state index in [1.807, 2.05) is 0 Å². The number of rotatable bonds is 2. The Hall–Kier alpha value is 2.90. The van der Waals surface area contributed by atoms with Gasteiger partial charge in [0, 0.05) is 0 Å². The van der Waals surface area contributed by atoms with Crippen molar-refractivity contribution in [2.24, 2.45) is 0 Å². The van der Waals surface area contributed by atoms with Crippen LogP contribution in [0.5, 0.6) is 0 Å². The molecule has 92 valence electrons. The maximum Gasteiger partial charge on any atom is 0.224 e. The lowest BCUT2D eigenvalue weighted by molar-refractivity contribution is 0.679. The van der Waals surface area contributed by atoms with Gasteiger partial charge in [0.1, 0.15) is 5.38 Å². The second-order valence-corrected chi connectivity index (χ2v) is 9.44. The molecule has 0 bridgehead atoms. The smallest absolute Gasteiger partial charge is 0.118 e. The molecule has 0 aliphatic heterocycles. The van der Waals surface area contributed by atoms with Crippen LogP contribution in [0, 0.1) is 0 Å². The van der Waals surface area contributed by atoms with Crippen LogP contribution in [-0.4, -0.2) is 22.7 Å². The molecule has 0 aromatic heterocycles. The summed E-state index contributed by atoms with van der Waals surface area (Å²) in [5.74, 6) is 0. The number of halogens is 10. The average molecular weight is 417 g/mol. The van der Waals surface area contributed by atoms with Crippen LogP contribution in [-0.2, 0) is 0 Å². The van der Waals surface area contributed by atoms with E-state index in [0.29, 0.717) is 0 Å². The molecule has 0 aromatic carbocycles. The molecule has 0 fully saturated rings. The minimum absolute atomic E-state index is 1.24. The maximum absolute atomic E-state index is 5.79. The van der Waals surface area contributed by atoms with Gasteiger partial charge in [-0.3, -0.25) is 0 Å². The lowest BCUT2D eigenvalue weighted by Gasteiger charge is -2.35. The molecule has 2 unspecified atom stereocenters. The zero-order valence-corrected chi connectivity index (χ0v) is 14.0. The van der Waals surface area contributed by atoms with Crippen molar-refractivity contribution in [3.8, 4) is 0 Å². The van der Waals surface area contributed by atoms with Crippen molar-refractivity contribution >= 4 is 116 Å². The van der Waals surface area contributed by atoms with Gasteiger partial charge in [0.25, 0.3) is 0 Å². The number of hydrogen-bond acceptors (Lipinski definition) is 0. The summed E-state index contributed by atoms with van der Waals surface area (Å²) >= 11 is 56.0. The quantitative estimate of drug-likeness (QED) is 0.476.